The maximum absolute atomic E-state index is 13.4. The quantitative estimate of drug-likeness (QED) is 0.940. The molecule has 1 aromatic carbocycles. The van der Waals surface area contributed by atoms with Crippen LogP contribution >= 0.6 is 15.9 Å². The standard InChI is InChI=1S/C13H9BrF2N2O/c14-9-4-5-17-11(7-9)18-12(19)6-8-2-1-3-10(15)13(8)16/h1-5,7H,6H2,(H,17,18,19). The Bertz CT molecular complexity index is 619. The fourth-order valence-electron chi connectivity index (χ4n) is 1.52. The van der Waals surface area contributed by atoms with Gasteiger partial charge >= 0.3 is 0 Å². The van der Waals surface area contributed by atoms with E-state index in [0.717, 1.165) is 10.5 Å². The molecule has 0 aliphatic heterocycles. The summed E-state index contributed by atoms with van der Waals surface area (Å²) in [6.07, 6.45) is 1.26. The maximum atomic E-state index is 13.4. The highest BCUT2D eigenvalue weighted by molar-refractivity contribution is 9.10. The number of nitrogens with one attached hydrogen (secondary N) is 1. The SMILES string of the molecule is O=C(Cc1cccc(F)c1F)Nc1cc(Br)ccn1. The van der Waals surface area contributed by atoms with Gasteiger partial charge in [0, 0.05) is 16.2 Å². The lowest BCUT2D eigenvalue weighted by Crippen LogP contribution is -2.16. The summed E-state index contributed by atoms with van der Waals surface area (Å²) in [5.41, 5.74) is 0.00694. The molecule has 1 N–H and O–H groups in total. The van der Waals surface area contributed by atoms with Gasteiger partial charge in [0.1, 0.15) is 5.82 Å². The molecule has 19 heavy (non-hydrogen) atoms. The van der Waals surface area contributed by atoms with E-state index in [-0.39, 0.29) is 12.0 Å². The predicted octanol–water partition coefficient (Wildman–Crippen LogP) is 3.30. The lowest BCUT2D eigenvalue weighted by atomic mass is 10.1. The topological polar surface area (TPSA) is 42.0 Å². The number of hydrogen-bond acceptors (Lipinski definition) is 2. The number of carbonyl (C=O) groups is 1. The molecule has 1 amide bonds. The molecular formula is C13H9BrF2N2O. The molecule has 0 saturated carbocycles. The average Bonchev–Trinajstić information content (AvgIpc) is 2.35. The van der Waals surface area contributed by atoms with Crippen LogP contribution in [0, 0.1) is 11.6 Å². The summed E-state index contributed by atoms with van der Waals surface area (Å²) in [5, 5.41) is 2.51. The van der Waals surface area contributed by atoms with Crippen molar-refractivity contribution in [1.82, 2.24) is 4.98 Å². The van der Waals surface area contributed by atoms with E-state index in [2.05, 4.69) is 26.2 Å². The zero-order valence-corrected chi connectivity index (χ0v) is 11.2. The first kappa shape index (κ1) is 13.6. The lowest BCUT2D eigenvalue weighted by Gasteiger charge is -2.06. The van der Waals surface area contributed by atoms with Gasteiger partial charge in [-0.05, 0) is 18.2 Å². The highest BCUT2D eigenvalue weighted by atomic mass is 79.9. The van der Waals surface area contributed by atoms with Crippen LogP contribution in [0.2, 0.25) is 0 Å². The molecule has 1 aromatic heterocycles. The van der Waals surface area contributed by atoms with Crippen molar-refractivity contribution < 1.29 is 13.6 Å². The Hall–Kier alpha value is -1.82. The van der Waals surface area contributed by atoms with Crippen LogP contribution in [0.25, 0.3) is 0 Å². The Morgan fingerprint density at radius 3 is 2.84 bits per heavy atom. The van der Waals surface area contributed by atoms with Gasteiger partial charge in [-0.15, -0.1) is 0 Å². The van der Waals surface area contributed by atoms with Crippen molar-refractivity contribution in [3.63, 3.8) is 0 Å². The number of rotatable bonds is 3. The first-order valence-corrected chi connectivity index (χ1v) is 6.20. The van der Waals surface area contributed by atoms with E-state index < -0.39 is 17.5 Å². The Balaban J connectivity index is 2.08. The fourth-order valence-corrected chi connectivity index (χ4v) is 1.85. The molecule has 0 fully saturated rings. The summed E-state index contributed by atoms with van der Waals surface area (Å²) in [6, 6.07) is 7.05. The molecule has 0 spiro atoms. The van der Waals surface area contributed by atoms with Crippen LogP contribution in [0.3, 0.4) is 0 Å². The summed E-state index contributed by atoms with van der Waals surface area (Å²) in [7, 11) is 0. The van der Waals surface area contributed by atoms with Gasteiger partial charge in [0.2, 0.25) is 5.91 Å². The van der Waals surface area contributed by atoms with Crippen LogP contribution in [0.5, 0.6) is 0 Å². The minimum Gasteiger partial charge on any atom is -0.310 e. The molecule has 6 heteroatoms. The Labute approximate surface area is 116 Å². The van der Waals surface area contributed by atoms with Gasteiger partial charge in [0.05, 0.1) is 6.42 Å². The first-order valence-electron chi connectivity index (χ1n) is 5.40. The summed E-state index contributed by atoms with van der Waals surface area (Å²) < 4.78 is 27.1. The maximum Gasteiger partial charge on any atom is 0.230 e. The largest absolute Gasteiger partial charge is 0.310 e. The van der Waals surface area contributed by atoms with E-state index in [1.165, 1.54) is 18.3 Å². The zero-order valence-electron chi connectivity index (χ0n) is 9.66. The summed E-state index contributed by atoms with van der Waals surface area (Å²) in [5.74, 6) is -2.09. The third-order valence-corrected chi connectivity index (χ3v) is 2.87. The van der Waals surface area contributed by atoms with Gasteiger partial charge in [-0.2, -0.15) is 0 Å². The van der Waals surface area contributed by atoms with Crippen molar-refractivity contribution >= 4 is 27.7 Å². The summed E-state index contributed by atoms with van der Waals surface area (Å²) >= 11 is 3.24. The third kappa shape index (κ3) is 3.57. The highest BCUT2D eigenvalue weighted by Crippen LogP contribution is 2.15. The van der Waals surface area contributed by atoms with E-state index in [1.54, 1.807) is 12.1 Å². The van der Waals surface area contributed by atoms with Gasteiger partial charge in [0.15, 0.2) is 11.6 Å². The minimum absolute atomic E-state index is 0.00694. The Kier molecular flexibility index (Phi) is 4.21. The minimum atomic E-state index is -1.00. The van der Waals surface area contributed by atoms with Crippen molar-refractivity contribution in [2.45, 2.75) is 6.42 Å². The number of benzene rings is 1. The molecule has 2 rings (SSSR count). The van der Waals surface area contributed by atoms with Gasteiger partial charge in [-0.3, -0.25) is 4.79 Å². The van der Waals surface area contributed by atoms with Gasteiger partial charge in [0.25, 0.3) is 0 Å². The van der Waals surface area contributed by atoms with Gasteiger partial charge in [-0.1, -0.05) is 28.1 Å². The first-order chi connectivity index (χ1) is 9.06. The highest BCUT2D eigenvalue weighted by Gasteiger charge is 2.12. The summed E-state index contributed by atoms with van der Waals surface area (Å²) in [4.78, 5) is 15.6. The zero-order chi connectivity index (χ0) is 13.8. The Morgan fingerprint density at radius 1 is 1.32 bits per heavy atom. The van der Waals surface area contributed by atoms with Crippen molar-refractivity contribution in [1.29, 1.82) is 0 Å². The van der Waals surface area contributed by atoms with E-state index in [0.29, 0.717) is 5.82 Å². The van der Waals surface area contributed by atoms with Crippen LogP contribution in [-0.2, 0) is 11.2 Å². The smallest absolute Gasteiger partial charge is 0.230 e. The Morgan fingerprint density at radius 2 is 2.11 bits per heavy atom. The molecule has 2 aromatic rings. The molecular weight excluding hydrogens is 318 g/mol. The van der Waals surface area contributed by atoms with E-state index in [9.17, 15) is 13.6 Å². The average molecular weight is 327 g/mol. The molecule has 0 bridgehead atoms. The molecule has 0 radical (unpaired) electrons. The number of carbonyl (C=O) groups excluding carboxylic acids is 1. The fraction of sp³-hybridized carbons (Fsp3) is 0.0769. The van der Waals surface area contributed by atoms with E-state index in [4.69, 9.17) is 0 Å². The van der Waals surface area contributed by atoms with Crippen LogP contribution in [0.15, 0.2) is 41.0 Å². The second kappa shape index (κ2) is 5.88. The monoisotopic (exact) mass is 326 g/mol. The second-order valence-corrected chi connectivity index (χ2v) is 4.71. The van der Waals surface area contributed by atoms with E-state index >= 15 is 0 Å². The lowest BCUT2D eigenvalue weighted by molar-refractivity contribution is -0.115. The van der Waals surface area contributed by atoms with Gasteiger partial charge in [-0.25, -0.2) is 13.8 Å². The van der Waals surface area contributed by atoms with Crippen molar-refractivity contribution in [2.24, 2.45) is 0 Å². The molecule has 0 aliphatic carbocycles. The molecule has 0 unspecified atom stereocenters. The second-order valence-electron chi connectivity index (χ2n) is 3.80. The van der Waals surface area contributed by atoms with Crippen molar-refractivity contribution in [3.05, 3.63) is 58.2 Å². The summed E-state index contributed by atoms with van der Waals surface area (Å²) in [6.45, 7) is 0. The van der Waals surface area contributed by atoms with Crippen LogP contribution in [-0.4, -0.2) is 10.9 Å². The van der Waals surface area contributed by atoms with Crippen LogP contribution < -0.4 is 5.32 Å². The molecule has 3 nitrogen and oxygen atoms in total. The normalized spacial score (nSPS) is 10.3. The number of aromatic nitrogens is 1. The van der Waals surface area contributed by atoms with Crippen molar-refractivity contribution in [2.75, 3.05) is 5.32 Å². The number of nitrogens with zero attached hydrogens (tertiary/aromatic N) is 1. The molecule has 1 heterocycles. The molecule has 0 saturated heterocycles. The van der Waals surface area contributed by atoms with Gasteiger partial charge < -0.3 is 5.32 Å². The molecule has 98 valence electrons. The third-order valence-electron chi connectivity index (χ3n) is 2.37. The number of pyridine rings is 1. The number of anilines is 1. The van der Waals surface area contributed by atoms with Crippen molar-refractivity contribution in [3.8, 4) is 0 Å². The number of halogens is 3. The molecule has 0 atom stereocenters. The van der Waals surface area contributed by atoms with Crippen LogP contribution in [0.4, 0.5) is 14.6 Å². The number of amides is 1. The number of hydrogen-bond donors (Lipinski definition) is 1. The van der Waals surface area contributed by atoms with Crippen LogP contribution in [0.1, 0.15) is 5.56 Å². The molecule has 0 aliphatic rings. The predicted molar refractivity (Wildman–Crippen MR) is 70.6 cm³/mol. The van der Waals surface area contributed by atoms with E-state index in [1.807, 2.05) is 0 Å².